The number of nitrogens with zero attached hydrogens (tertiary/aromatic N) is 2. The third kappa shape index (κ3) is 4.65. The average Bonchev–Trinajstić information content (AvgIpc) is 3.50. The number of carbonyl (C=O) groups is 2. The van der Waals surface area contributed by atoms with E-state index < -0.39 is 5.41 Å². The van der Waals surface area contributed by atoms with Crippen LogP contribution in [0.4, 0.5) is 0 Å². The van der Waals surface area contributed by atoms with Gasteiger partial charge in [0, 0.05) is 43.0 Å². The summed E-state index contributed by atoms with van der Waals surface area (Å²) in [5.41, 5.74) is 2.66. The molecule has 1 N–H and O–H groups in total. The predicted molar refractivity (Wildman–Crippen MR) is 122 cm³/mol. The fourth-order valence-electron chi connectivity index (χ4n) is 4.89. The smallest absolute Gasteiger partial charge is 0.228 e. The predicted octanol–water partition coefficient (Wildman–Crippen LogP) is 4.08. The number of nitrogens with one attached hydrogen (secondary N) is 1. The van der Waals surface area contributed by atoms with Gasteiger partial charge in [-0.15, -0.1) is 0 Å². The lowest BCUT2D eigenvalue weighted by Gasteiger charge is -2.42. The van der Waals surface area contributed by atoms with Crippen molar-refractivity contribution in [3.05, 3.63) is 54.4 Å². The lowest BCUT2D eigenvalue weighted by molar-refractivity contribution is -0.142. The molecule has 0 spiro atoms. The molecule has 1 aromatic carbocycles. The third-order valence-electron chi connectivity index (χ3n) is 6.74. The molecule has 31 heavy (non-hydrogen) atoms. The van der Waals surface area contributed by atoms with Gasteiger partial charge in [-0.2, -0.15) is 0 Å². The van der Waals surface area contributed by atoms with E-state index in [0.717, 1.165) is 42.5 Å². The van der Waals surface area contributed by atoms with Crippen molar-refractivity contribution in [2.45, 2.75) is 52.5 Å². The van der Waals surface area contributed by atoms with Crippen LogP contribution in [0.3, 0.4) is 0 Å². The molecule has 2 aromatic rings. The van der Waals surface area contributed by atoms with Gasteiger partial charge in [0.05, 0.1) is 5.41 Å². The molecular weight excluding hydrogens is 386 g/mol. The molecule has 2 heterocycles. The summed E-state index contributed by atoms with van der Waals surface area (Å²) in [4.78, 5) is 32.8. The van der Waals surface area contributed by atoms with Crippen LogP contribution in [0.25, 0.3) is 11.1 Å². The normalized spacial score (nSPS) is 25.4. The highest BCUT2D eigenvalue weighted by Gasteiger charge is 2.48. The van der Waals surface area contributed by atoms with E-state index in [9.17, 15) is 9.59 Å². The van der Waals surface area contributed by atoms with Crippen LogP contribution in [0.5, 0.6) is 0 Å². The molecule has 1 aliphatic carbocycles. The third-order valence-corrected chi connectivity index (χ3v) is 6.74. The lowest BCUT2D eigenvalue weighted by atomic mass is 9.73. The first-order valence-electron chi connectivity index (χ1n) is 11.5. The van der Waals surface area contributed by atoms with Crippen LogP contribution in [-0.2, 0) is 16.0 Å². The Morgan fingerprint density at radius 3 is 2.68 bits per heavy atom. The minimum absolute atomic E-state index is 0.0600. The van der Waals surface area contributed by atoms with Crippen LogP contribution in [0.1, 0.15) is 45.6 Å². The molecule has 1 saturated carbocycles. The highest BCUT2D eigenvalue weighted by atomic mass is 16.2. The van der Waals surface area contributed by atoms with Gasteiger partial charge in [-0.25, -0.2) is 0 Å². The molecular formula is C26H33N3O2. The summed E-state index contributed by atoms with van der Waals surface area (Å²) in [5, 5.41) is 3.16. The SMILES string of the molecule is CC(C)NC(=O)C1(Cc2ccccc2-c2cccnc2)CCCN(C(=O)C2CC2C)C1. The number of aromatic nitrogens is 1. The zero-order valence-corrected chi connectivity index (χ0v) is 18.8. The summed E-state index contributed by atoms with van der Waals surface area (Å²) in [6, 6.07) is 12.3. The van der Waals surface area contributed by atoms with E-state index in [2.05, 4.69) is 35.4 Å². The van der Waals surface area contributed by atoms with Gasteiger partial charge in [-0.1, -0.05) is 37.3 Å². The van der Waals surface area contributed by atoms with E-state index in [1.807, 2.05) is 43.1 Å². The molecule has 5 nitrogen and oxygen atoms in total. The van der Waals surface area contributed by atoms with Gasteiger partial charge in [-0.3, -0.25) is 14.6 Å². The molecule has 1 aromatic heterocycles. The van der Waals surface area contributed by atoms with Crippen molar-refractivity contribution < 1.29 is 9.59 Å². The van der Waals surface area contributed by atoms with E-state index in [4.69, 9.17) is 0 Å². The molecule has 1 aliphatic heterocycles. The number of amides is 2. The number of piperidine rings is 1. The Labute approximate surface area is 185 Å². The van der Waals surface area contributed by atoms with Crippen molar-refractivity contribution in [2.24, 2.45) is 17.3 Å². The summed E-state index contributed by atoms with van der Waals surface area (Å²) in [6.07, 6.45) is 6.87. The van der Waals surface area contributed by atoms with Crippen LogP contribution < -0.4 is 5.32 Å². The van der Waals surface area contributed by atoms with Gasteiger partial charge in [0.1, 0.15) is 0 Å². The Morgan fingerprint density at radius 1 is 1.23 bits per heavy atom. The minimum atomic E-state index is -0.616. The van der Waals surface area contributed by atoms with E-state index in [0.29, 0.717) is 18.9 Å². The zero-order chi connectivity index (χ0) is 22.0. The first kappa shape index (κ1) is 21.5. The van der Waals surface area contributed by atoms with Gasteiger partial charge in [-0.05, 0) is 62.6 Å². The molecule has 2 fully saturated rings. The summed E-state index contributed by atoms with van der Waals surface area (Å²) < 4.78 is 0. The van der Waals surface area contributed by atoms with Crippen molar-refractivity contribution in [3.63, 3.8) is 0 Å². The Kier molecular flexibility index (Phi) is 6.12. The van der Waals surface area contributed by atoms with Crippen LogP contribution in [0.2, 0.25) is 0 Å². The Morgan fingerprint density at radius 2 is 2.00 bits per heavy atom. The van der Waals surface area contributed by atoms with E-state index in [-0.39, 0.29) is 23.8 Å². The molecule has 0 bridgehead atoms. The second-order valence-corrected chi connectivity index (χ2v) is 9.67. The highest BCUT2D eigenvalue weighted by molar-refractivity contribution is 5.87. The van der Waals surface area contributed by atoms with Crippen molar-refractivity contribution in [1.29, 1.82) is 0 Å². The van der Waals surface area contributed by atoms with Gasteiger partial charge >= 0.3 is 0 Å². The van der Waals surface area contributed by atoms with Gasteiger partial charge < -0.3 is 10.2 Å². The number of benzene rings is 1. The van der Waals surface area contributed by atoms with Crippen LogP contribution >= 0.6 is 0 Å². The zero-order valence-electron chi connectivity index (χ0n) is 18.8. The molecule has 3 unspecified atom stereocenters. The fraction of sp³-hybridized carbons (Fsp3) is 0.500. The number of rotatable bonds is 6. The van der Waals surface area contributed by atoms with Crippen molar-refractivity contribution >= 4 is 11.8 Å². The lowest BCUT2D eigenvalue weighted by Crippen LogP contribution is -2.55. The Bertz CT molecular complexity index is 943. The summed E-state index contributed by atoms with van der Waals surface area (Å²) >= 11 is 0. The molecule has 0 radical (unpaired) electrons. The summed E-state index contributed by atoms with van der Waals surface area (Å²) in [5.74, 6) is 0.908. The largest absolute Gasteiger partial charge is 0.353 e. The Balaban J connectivity index is 1.67. The fourth-order valence-corrected chi connectivity index (χ4v) is 4.89. The van der Waals surface area contributed by atoms with Crippen molar-refractivity contribution in [2.75, 3.05) is 13.1 Å². The maximum atomic E-state index is 13.5. The van der Waals surface area contributed by atoms with Gasteiger partial charge in [0.25, 0.3) is 0 Å². The number of likely N-dealkylation sites (tertiary alicyclic amines) is 1. The minimum Gasteiger partial charge on any atom is -0.353 e. The van der Waals surface area contributed by atoms with Crippen LogP contribution in [0.15, 0.2) is 48.8 Å². The van der Waals surface area contributed by atoms with Crippen LogP contribution in [0, 0.1) is 17.3 Å². The molecule has 164 valence electrons. The maximum absolute atomic E-state index is 13.5. The molecule has 3 atom stereocenters. The molecule has 5 heteroatoms. The quantitative estimate of drug-likeness (QED) is 0.767. The van der Waals surface area contributed by atoms with Crippen molar-refractivity contribution in [1.82, 2.24) is 15.2 Å². The number of hydrogen-bond donors (Lipinski definition) is 1. The monoisotopic (exact) mass is 419 g/mol. The van der Waals surface area contributed by atoms with Gasteiger partial charge in [0.2, 0.25) is 11.8 Å². The van der Waals surface area contributed by atoms with Crippen LogP contribution in [-0.4, -0.2) is 40.8 Å². The molecule has 2 aliphatic rings. The number of pyridine rings is 1. The second-order valence-electron chi connectivity index (χ2n) is 9.67. The van der Waals surface area contributed by atoms with E-state index in [1.165, 1.54) is 0 Å². The van der Waals surface area contributed by atoms with E-state index in [1.54, 1.807) is 6.20 Å². The van der Waals surface area contributed by atoms with Gasteiger partial charge in [0.15, 0.2) is 0 Å². The average molecular weight is 420 g/mol. The van der Waals surface area contributed by atoms with E-state index >= 15 is 0 Å². The van der Waals surface area contributed by atoms with Crippen molar-refractivity contribution in [3.8, 4) is 11.1 Å². The molecule has 4 rings (SSSR count). The number of hydrogen-bond acceptors (Lipinski definition) is 3. The number of carbonyl (C=O) groups excluding carboxylic acids is 2. The Hall–Kier alpha value is -2.69. The standard InChI is InChI=1S/C26H33N3O2/c1-18(2)28-25(31)26(11-7-13-29(17-26)24(30)23-14-19(23)3)15-20-8-4-5-10-22(20)21-9-6-12-27-16-21/h4-6,8-10,12,16,18-19,23H,7,11,13-15,17H2,1-3H3,(H,28,31). The maximum Gasteiger partial charge on any atom is 0.228 e. The summed E-state index contributed by atoms with van der Waals surface area (Å²) in [7, 11) is 0. The first-order chi connectivity index (χ1) is 14.9. The second kappa shape index (κ2) is 8.81. The molecule has 2 amide bonds. The topological polar surface area (TPSA) is 62.3 Å². The molecule has 1 saturated heterocycles. The highest BCUT2D eigenvalue weighted by Crippen LogP contribution is 2.42. The first-order valence-corrected chi connectivity index (χ1v) is 11.5. The summed E-state index contributed by atoms with van der Waals surface area (Å²) in [6.45, 7) is 7.37.